The summed E-state index contributed by atoms with van der Waals surface area (Å²) in [6.07, 6.45) is 7.90. The molecule has 0 saturated carbocycles. The van der Waals surface area contributed by atoms with Crippen molar-refractivity contribution in [2.24, 2.45) is 5.73 Å². The number of methoxy groups -OCH3 is 3. The predicted octanol–water partition coefficient (Wildman–Crippen LogP) is 6.62. The van der Waals surface area contributed by atoms with Crippen molar-refractivity contribution in [1.29, 1.82) is 0 Å². The Morgan fingerprint density at radius 3 is 1.88 bits per heavy atom. The van der Waals surface area contributed by atoms with E-state index >= 15 is 0 Å². The smallest absolute Gasteiger partial charge is 0.203 e. The second kappa shape index (κ2) is 18.5. The summed E-state index contributed by atoms with van der Waals surface area (Å²) in [5.41, 5.74) is 6.73. The molecule has 0 bridgehead atoms. The van der Waals surface area contributed by atoms with Crippen molar-refractivity contribution in [1.82, 2.24) is 0 Å². The third-order valence-electron chi connectivity index (χ3n) is 5.12. The topological polar surface area (TPSA) is 62.9 Å². The SMILES string of the molecule is CCCCCCCCOc1ccccc1.COc1cc(C(C)CN)cc(OC)c1OC.Cl. The molecule has 5 nitrogen and oxygen atoms in total. The van der Waals surface area contributed by atoms with Gasteiger partial charge >= 0.3 is 0 Å². The van der Waals surface area contributed by atoms with E-state index in [0.29, 0.717) is 23.8 Å². The Morgan fingerprint density at radius 2 is 1.38 bits per heavy atom. The fourth-order valence-electron chi connectivity index (χ4n) is 3.11. The molecule has 1 unspecified atom stereocenters. The van der Waals surface area contributed by atoms with E-state index in [1.807, 2.05) is 42.5 Å². The fraction of sp³-hybridized carbons (Fsp3) is 0.538. The van der Waals surface area contributed by atoms with Crippen LogP contribution in [0, 0.1) is 0 Å². The van der Waals surface area contributed by atoms with Crippen LogP contribution < -0.4 is 24.7 Å². The van der Waals surface area contributed by atoms with Crippen molar-refractivity contribution in [2.45, 2.75) is 58.3 Å². The lowest BCUT2D eigenvalue weighted by Gasteiger charge is -2.16. The van der Waals surface area contributed by atoms with Crippen LogP contribution in [0.3, 0.4) is 0 Å². The third-order valence-corrected chi connectivity index (χ3v) is 5.12. The summed E-state index contributed by atoms with van der Waals surface area (Å²) in [5.74, 6) is 3.19. The van der Waals surface area contributed by atoms with Crippen LogP contribution in [0.2, 0.25) is 0 Å². The van der Waals surface area contributed by atoms with Gasteiger partial charge in [-0.05, 0) is 48.7 Å². The molecule has 0 aliphatic heterocycles. The van der Waals surface area contributed by atoms with Gasteiger partial charge in [0, 0.05) is 0 Å². The molecular formula is C26H42ClNO4. The zero-order chi connectivity index (χ0) is 22.9. The highest BCUT2D eigenvalue weighted by molar-refractivity contribution is 5.85. The maximum Gasteiger partial charge on any atom is 0.203 e. The zero-order valence-electron chi connectivity index (χ0n) is 20.4. The molecule has 0 aromatic heterocycles. The van der Waals surface area contributed by atoms with Gasteiger partial charge in [0.25, 0.3) is 0 Å². The molecule has 0 saturated heterocycles. The van der Waals surface area contributed by atoms with E-state index in [2.05, 4.69) is 13.8 Å². The summed E-state index contributed by atoms with van der Waals surface area (Å²) < 4.78 is 21.4. The average Bonchev–Trinajstić information content (AvgIpc) is 2.83. The van der Waals surface area contributed by atoms with Gasteiger partial charge in [-0.2, -0.15) is 0 Å². The van der Waals surface area contributed by atoms with Gasteiger partial charge in [0.2, 0.25) is 5.75 Å². The third kappa shape index (κ3) is 11.0. The summed E-state index contributed by atoms with van der Waals surface area (Å²) in [4.78, 5) is 0. The van der Waals surface area contributed by atoms with E-state index in [1.54, 1.807) is 21.3 Å². The van der Waals surface area contributed by atoms with E-state index in [4.69, 9.17) is 24.7 Å². The largest absolute Gasteiger partial charge is 0.494 e. The number of benzene rings is 2. The van der Waals surface area contributed by atoms with E-state index in [1.165, 1.54) is 38.5 Å². The Labute approximate surface area is 201 Å². The van der Waals surface area contributed by atoms with Crippen LogP contribution in [0.25, 0.3) is 0 Å². The number of hydrogen-bond donors (Lipinski definition) is 1. The molecular weight excluding hydrogens is 426 g/mol. The first kappa shape index (κ1) is 29.9. The van der Waals surface area contributed by atoms with Gasteiger partial charge in [0.05, 0.1) is 27.9 Å². The standard InChI is InChI=1S/C14H22O.C12H19NO3.ClH/c1-2-3-4-5-6-10-13-15-14-11-8-7-9-12-14;1-8(7-13)9-5-10(14-2)12(16-4)11(6-9)15-3;/h7-9,11-12H,2-6,10,13H2,1H3;5-6,8H,7,13H2,1-4H3;1H. The highest BCUT2D eigenvalue weighted by Gasteiger charge is 2.15. The Morgan fingerprint density at radius 1 is 0.812 bits per heavy atom. The number of halogens is 1. The molecule has 0 amide bonds. The summed E-state index contributed by atoms with van der Waals surface area (Å²) in [6, 6.07) is 13.9. The lowest BCUT2D eigenvalue weighted by Crippen LogP contribution is -2.09. The number of ether oxygens (including phenoxy) is 4. The second-order valence-electron chi connectivity index (χ2n) is 7.52. The second-order valence-corrected chi connectivity index (χ2v) is 7.52. The van der Waals surface area contributed by atoms with Gasteiger partial charge in [0.15, 0.2) is 11.5 Å². The minimum absolute atomic E-state index is 0. The quantitative estimate of drug-likeness (QED) is 0.335. The lowest BCUT2D eigenvalue weighted by molar-refractivity contribution is 0.304. The van der Waals surface area contributed by atoms with Gasteiger partial charge in [-0.15, -0.1) is 12.4 Å². The van der Waals surface area contributed by atoms with Gasteiger partial charge in [-0.1, -0.05) is 64.2 Å². The van der Waals surface area contributed by atoms with E-state index < -0.39 is 0 Å². The van der Waals surface area contributed by atoms with Crippen LogP contribution in [-0.4, -0.2) is 34.5 Å². The van der Waals surface area contributed by atoms with Crippen LogP contribution >= 0.6 is 12.4 Å². The molecule has 0 fully saturated rings. The highest BCUT2D eigenvalue weighted by Crippen LogP contribution is 2.39. The van der Waals surface area contributed by atoms with Crippen LogP contribution in [0.5, 0.6) is 23.0 Å². The van der Waals surface area contributed by atoms with Crippen LogP contribution in [0.4, 0.5) is 0 Å². The zero-order valence-corrected chi connectivity index (χ0v) is 21.2. The molecule has 2 aromatic rings. The van der Waals surface area contributed by atoms with E-state index in [-0.39, 0.29) is 18.3 Å². The highest BCUT2D eigenvalue weighted by atomic mass is 35.5. The first-order chi connectivity index (χ1) is 15.1. The Balaban J connectivity index is 0.000000584. The van der Waals surface area contributed by atoms with Gasteiger partial charge in [0.1, 0.15) is 5.75 Å². The molecule has 2 N–H and O–H groups in total. The molecule has 32 heavy (non-hydrogen) atoms. The summed E-state index contributed by atoms with van der Waals surface area (Å²) in [7, 11) is 4.80. The molecule has 0 radical (unpaired) electrons. The maximum absolute atomic E-state index is 5.64. The number of para-hydroxylation sites is 1. The molecule has 0 aliphatic carbocycles. The Bertz CT molecular complexity index is 687. The van der Waals surface area contributed by atoms with Gasteiger partial charge in [-0.3, -0.25) is 0 Å². The van der Waals surface area contributed by atoms with Crippen molar-refractivity contribution in [3.63, 3.8) is 0 Å². The van der Waals surface area contributed by atoms with E-state index in [9.17, 15) is 0 Å². The lowest BCUT2D eigenvalue weighted by atomic mass is 10.0. The number of unbranched alkanes of at least 4 members (excludes halogenated alkanes) is 5. The number of nitrogens with two attached hydrogens (primary N) is 1. The van der Waals surface area contributed by atoms with Crippen molar-refractivity contribution >= 4 is 12.4 Å². The first-order valence-corrected chi connectivity index (χ1v) is 11.3. The van der Waals surface area contributed by atoms with E-state index in [0.717, 1.165) is 17.9 Å². The molecule has 0 heterocycles. The molecule has 0 spiro atoms. The van der Waals surface area contributed by atoms with Gasteiger partial charge < -0.3 is 24.7 Å². The predicted molar refractivity (Wildman–Crippen MR) is 136 cm³/mol. The molecule has 2 rings (SSSR count). The first-order valence-electron chi connectivity index (χ1n) is 11.3. The Hall–Kier alpha value is -2.11. The van der Waals surface area contributed by atoms with Crippen molar-refractivity contribution < 1.29 is 18.9 Å². The summed E-state index contributed by atoms with van der Waals surface area (Å²) >= 11 is 0. The molecule has 6 heteroatoms. The minimum Gasteiger partial charge on any atom is -0.494 e. The van der Waals surface area contributed by atoms with Gasteiger partial charge in [-0.25, -0.2) is 0 Å². The normalized spacial score (nSPS) is 10.8. The number of hydrogen-bond acceptors (Lipinski definition) is 5. The van der Waals surface area contributed by atoms with Crippen LogP contribution in [-0.2, 0) is 0 Å². The van der Waals surface area contributed by atoms with Crippen molar-refractivity contribution in [2.75, 3.05) is 34.5 Å². The summed E-state index contributed by atoms with van der Waals surface area (Å²) in [6.45, 7) is 5.74. The average molecular weight is 468 g/mol. The van der Waals surface area contributed by atoms with Crippen molar-refractivity contribution in [3.8, 4) is 23.0 Å². The van der Waals surface area contributed by atoms with Crippen LogP contribution in [0.1, 0.15) is 63.9 Å². The summed E-state index contributed by atoms with van der Waals surface area (Å²) in [5, 5.41) is 0. The molecule has 1 atom stereocenters. The minimum atomic E-state index is 0. The molecule has 0 aliphatic rings. The monoisotopic (exact) mass is 467 g/mol. The Kier molecular flexibility index (Phi) is 17.2. The number of rotatable bonds is 13. The molecule has 2 aromatic carbocycles. The van der Waals surface area contributed by atoms with Crippen LogP contribution in [0.15, 0.2) is 42.5 Å². The van der Waals surface area contributed by atoms with Crippen molar-refractivity contribution in [3.05, 3.63) is 48.0 Å². The fourth-order valence-corrected chi connectivity index (χ4v) is 3.11. The maximum atomic E-state index is 5.64. The molecule has 182 valence electrons.